The van der Waals surface area contributed by atoms with Crippen molar-refractivity contribution in [3.8, 4) is 0 Å². The number of amides is 1. The van der Waals surface area contributed by atoms with E-state index in [1.807, 2.05) is 11.5 Å². The molecule has 108 valence electrons. The van der Waals surface area contributed by atoms with Gasteiger partial charge < -0.3 is 15.6 Å². The maximum atomic E-state index is 12.4. The van der Waals surface area contributed by atoms with Gasteiger partial charge >= 0.3 is 0 Å². The summed E-state index contributed by atoms with van der Waals surface area (Å²) < 4.78 is 1.87. The predicted molar refractivity (Wildman–Crippen MR) is 80.1 cm³/mol. The summed E-state index contributed by atoms with van der Waals surface area (Å²) in [4.78, 5) is 12.4. The van der Waals surface area contributed by atoms with Gasteiger partial charge in [0, 0.05) is 18.3 Å². The van der Waals surface area contributed by atoms with E-state index in [1.165, 1.54) is 0 Å². The molecule has 0 unspecified atom stereocenters. The Morgan fingerprint density at radius 3 is 2.37 bits per heavy atom. The number of carbonyl (C=O) groups excluding carboxylic acids is 1. The lowest BCUT2D eigenvalue weighted by Gasteiger charge is -2.33. The molecule has 0 aliphatic rings. The van der Waals surface area contributed by atoms with Crippen LogP contribution in [0, 0.1) is 5.41 Å². The van der Waals surface area contributed by atoms with Crippen LogP contribution in [0.15, 0.2) is 12.3 Å². The van der Waals surface area contributed by atoms with Crippen molar-refractivity contribution in [1.82, 2.24) is 9.88 Å². The molecule has 4 heteroatoms. The van der Waals surface area contributed by atoms with Crippen molar-refractivity contribution >= 4 is 11.6 Å². The number of nitrogen functional groups attached to an aromatic ring is 1. The Bertz CT molecular complexity index is 452. The third kappa shape index (κ3) is 4.62. The van der Waals surface area contributed by atoms with Crippen LogP contribution >= 0.6 is 0 Å². The Hall–Kier alpha value is -1.45. The molecule has 0 aromatic carbocycles. The Kier molecular flexibility index (Phi) is 4.33. The van der Waals surface area contributed by atoms with E-state index in [1.54, 1.807) is 12.3 Å². The van der Waals surface area contributed by atoms with E-state index in [0.717, 1.165) is 13.0 Å². The van der Waals surface area contributed by atoms with E-state index in [4.69, 9.17) is 5.73 Å². The van der Waals surface area contributed by atoms with Crippen LogP contribution < -0.4 is 11.1 Å². The number of hydrogen-bond donors (Lipinski definition) is 2. The molecule has 0 bridgehead atoms. The van der Waals surface area contributed by atoms with Gasteiger partial charge in [0.25, 0.3) is 5.91 Å². The second-order valence-corrected chi connectivity index (χ2v) is 7.02. The molecule has 1 amide bonds. The van der Waals surface area contributed by atoms with Crippen molar-refractivity contribution in [2.24, 2.45) is 5.41 Å². The highest BCUT2D eigenvalue weighted by atomic mass is 16.2. The molecular weight excluding hydrogens is 238 g/mol. The second kappa shape index (κ2) is 5.27. The summed E-state index contributed by atoms with van der Waals surface area (Å²) in [5.41, 5.74) is 6.94. The normalized spacial score (nSPS) is 12.5. The largest absolute Gasteiger partial charge is 0.397 e. The first-order valence-electron chi connectivity index (χ1n) is 6.82. The summed E-state index contributed by atoms with van der Waals surface area (Å²) in [7, 11) is 0. The summed E-state index contributed by atoms with van der Waals surface area (Å²) in [5.74, 6) is -0.0622. The van der Waals surface area contributed by atoms with Crippen LogP contribution in [0.5, 0.6) is 0 Å². The third-order valence-corrected chi connectivity index (χ3v) is 2.92. The summed E-state index contributed by atoms with van der Waals surface area (Å²) in [6.07, 6.45) is 2.71. The lowest BCUT2D eigenvalue weighted by atomic mass is 9.82. The van der Waals surface area contributed by atoms with Gasteiger partial charge in [-0.2, -0.15) is 0 Å². The van der Waals surface area contributed by atoms with E-state index in [0.29, 0.717) is 11.4 Å². The Labute approximate surface area is 116 Å². The molecular formula is C15H27N3O. The SMILES string of the molecule is CCn1cc(N)cc1C(=O)NC(C)(C)CC(C)(C)C. The monoisotopic (exact) mass is 265 g/mol. The maximum Gasteiger partial charge on any atom is 0.268 e. The van der Waals surface area contributed by atoms with E-state index in [9.17, 15) is 4.79 Å². The first-order chi connectivity index (χ1) is 8.54. The minimum Gasteiger partial charge on any atom is -0.397 e. The number of hydrogen-bond acceptors (Lipinski definition) is 2. The number of rotatable bonds is 4. The first-order valence-corrected chi connectivity index (χ1v) is 6.82. The van der Waals surface area contributed by atoms with E-state index in [2.05, 4.69) is 39.9 Å². The van der Waals surface area contributed by atoms with Crippen LogP contribution in [0.3, 0.4) is 0 Å². The Morgan fingerprint density at radius 1 is 1.32 bits per heavy atom. The zero-order valence-electron chi connectivity index (χ0n) is 13.0. The van der Waals surface area contributed by atoms with Crippen LogP contribution in [0.4, 0.5) is 5.69 Å². The topological polar surface area (TPSA) is 60.0 Å². The highest BCUT2D eigenvalue weighted by molar-refractivity contribution is 5.94. The summed E-state index contributed by atoms with van der Waals surface area (Å²) in [6, 6.07) is 1.73. The number of nitrogens with zero attached hydrogens (tertiary/aromatic N) is 1. The van der Waals surface area contributed by atoms with Crippen molar-refractivity contribution < 1.29 is 4.79 Å². The van der Waals surface area contributed by atoms with E-state index < -0.39 is 0 Å². The molecule has 0 spiro atoms. The molecule has 0 aliphatic heterocycles. The fraction of sp³-hybridized carbons (Fsp3) is 0.667. The first kappa shape index (κ1) is 15.6. The van der Waals surface area contributed by atoms with Crippen LogP contribution in [0.25, 0.3) is 0 Å². The summed E-state index contributed by atoms with van der Waals surface area (Å²) in [5, 5.41) is 3.10. The lowest BCUT2D eigenvalue weighted by Crippen LogP contribution is -2.46. The standard InChI is InChI=1S/C15H27N3O/c1-7-18-9-11(16)8-12(18)13(19)17-15(5,6)10-14(2,3)4/h8-9H,7,10,16H2,1-6H3,(H,17,19). The number of aromatic nitrogens is 1. The van der Waals surface area contributed by atoms with Gasteiger partial charge in [-0.1, -0.05) is 20.8 Å². The highest BCUT2D eigenvalue weighted by Gasteiger charge is 2.28. The minimum atomic E-state index is -0.243. The number of nitrogens with one attached hydrogen (secondary N) is 1. The van der Waals surface area contributed by atoms with Gasteiger partial charge in [0.05, 0.1) is 5.69 Å². The van der Waals surface area contributed by atoms with Crippen molar-refractivity contribution in [2.45, 2.75) is 60.0 Å². The second-order valence-electron chi connectivity index (χ2n) is 7.02. The Balaban J connectivity index is 2.84. The molecule has 0 fully saturated rings. The number of nitrogens with two attached hydrogens (primary N) is 1. The molecule has 3 N–H and O–H groups in total. The van der Waals surface area contributed by atoms with Gasteiger partial charge in [-0.3, -0.25) is 4.79 Å². The molecule has 0 radical (unpaired) electrons. The van der Waals surface area contributed by atoms with Crippen molar-refractivity contribution in [3.05, 3.63) is 18.0 Å². The molecule has 0 saturated heterocycles. The molecule has 0 saturated carbocycles. The molecule has 4 nitrogen and oxygen atoms in total. The number of aryl methyl sites for hydroxylation is 1. The van der Waals surface area contributed by atoms with Crippen molar-refractivity contribution in [2.75, 3.05) is 5.73 Å². The van der Waals surface area contributed by atoms with E-state index in [-0.39, 0.29) is 16.9 Å². The smallest absolute Gasteiger partial charge is 0.268 e. The zero-order chi connectivity index (χ0) is 14.8. The lowest BCUT2D eigenvalue weighted by molar-refractivity contribution is 0.0882. The summed E-state index contributed by atoms with van der Waals surface area (Å²) >= 11 is 0. The average molecular weight is 265 g/mol. The molecule has 1 aromatic heterocycles. The quantitative estimate of drug-likeness (QED) is 0.879. The maximum absolute atomic E-state index is 12.4. The molecule has 19 heavy (non-hydrogen) atoms. The van der Waals surface area contributed by atoms with Crippen LogP contribution in [0.1, 0.15) is 58.5 Å². The fourth-order valence-corrected chi connectivity index (χ4v) is 2.73. The van der Waals surface area contributed by atoms with Gasteiger partial charge in [0.1, 0.15) is 5.69 Å². The Morgan fingerprint density at radius 2 is 1.89 bits per heavy atom. The fourth-order valence-electron chi connectivity index (χ4n) is 2.73. The van der Waals surface area contributed by atoms with Crippen LogP contribution in [0.2, 0.25) is 0 Å². The van der Waals surface area contributed by atoms with E-state index >= 15 is 0 Å². The number of anilines is 1. The molecule has 0 aliphatic carbocycles. The van der Waals surface area contributed by atoms with Gasteiger partial charge in [-0.05, 0) is 38.7 Å². The molecule has 1 aromatic rings. The minimum absolute atomic E-state index is 0.0622. The molecule has 1 rings (SSSR count). The van der Waals surface area contributed by atoms with Gasteiger partial charge in [0.15, 0.2) is 0 Å². The van der Waals surface area contributed by atoms with Crippen molar-refractivity contribution in [3.63, 3.8) is 0 Å². The zero-order valence-corrected chi connectivity index (χ0v) is 13.0. The third-order valence-electron chi connectivity index (χ3n) is 2.92. The van der Waals surface area contributed by atoms with Gasteiger partial charge in [-0.25, -0.2) is 0 Å². The van der Waals surface area contributed by atoms with Crippen LogP contribution in [-0.4, -0.2) is 16.0 Å². The highest BCUT2D eigenvalue weighted by Crippen LogP contribution is 2.27. The van der Waals surface area contributed by atoms with Gasteiger partial charge in [-0.15, -0.1) is 0 Å². The molecule has 0 atom stereocenters. The predicted octanol–water partition coefficient (Wildman–Crippen LogP) is 3.03. The van der Waals surface area contributed by atoms with Crippen molar-refractivity contribution in [1.29, 1.82) is 0 Å². The number of carbonyl (C=O) groups is 1. The summed E-state index contributed by atoms with van der Waals surface area (Å²) in [6.45, 7) is 13.4. The van der Waals surface area contributed by atoms with Gasteiger partial charge in [0.2, 0.25) is 0 Å². The molecule has 1 heterocycles. The average Bonchev–Trinajstić information content (AvgIpc) is 2.54. The van der Waals surface area contributed by atoms with Crippen LogP contribution in [-0.2, 0) is 6.54 Å².